The van der Waals surface area contributed by atoms with Crippen molar-refractivity contribution in [3.05, 3.63) is 30.3 Å². The first kappa shape index (κ1) is 21.5. The van der Waals surface area contributed by atoms with Crippen molar-refractivity contribution in [1.82, 2.24) is 9.80 Å². The molecule has 1 aliphatic rings. The Labute approximate surface area is 147 Å². The van der Waals surface area contributed by atoms with Crippen LogP contribution in [0.15, 0.2) is 30.3 Å². The highest BCUT2D eigenvalue weighted by atomic mass is 35.5. The Morgan fingerprint density at radius 2 is 1.59 bits per heavy atom. The van der Waals surface area contributed by atoms with Crippen molar-refractivity contribution < 1.29 is 29.6 Å². The zero-order valence-electron chi connectivity index (χ0n) is 13.7. The molecule has 1 atom stereocenters. The molecule has 0 radical (unpaired) electrons. The quantitative estimate of drug-likeness (QED) is 0.531. The molecular weight excluding hydrogens is 319 g/mol. The summed E-state index contributed by atoms with van der Waals surface area (Å²) in [4.78, 5) is 4.96. The number of benzene rings is 1. The van der Waals surface area contributed by atoms with Gasteiger partial charge in [0.2, 0.25) is 0 Å². The second-order valence-corrected chi connectivity index (χ2v) is 5.47. The highest BCUT2D eigenvalue weighted by molar-refractivity contribution is 5.21. The van der Waals surface area contributed by atoms with Crippen molar-refractivity contribution in [3.63, 3.8) is 0 Å². The summed E-state index contributed by atoms with van der Waals surface area (Å²) in [7, 11) is 0. The van der Waals surface area contributed by atoms with E-state index in [1.807, 2.05) is 18.2 Å². The predicted molar refractivity (Wildman–Crippen MR) is 84.1 cm³/mol. The van der Waals surface area contributed by atoms with Crippen LogP contribution >= 0.6 is 0 Å². The van der Waals surface area contributed by atoms with Crippen LogP contribution in [0.4, 0.5) is 0 Å². The van der Waals surface area contributed by atoms with Crippen molar-refractivity contribution in [1.29, 1.82) is 0 Å². The van der Waals surface area contributed by atoms with Crippen LogP contribution in [0.25, 0.3) is 0 Å². The number of ether oxygens (including phenoxy) is 1. The largest absolute Gasteiger partial charge is 1.00 e. The Morgan fingerprint density at radius 1 is 1.00 bits per heavy atom. The molecule has 128 valence electrons. The molecule has 0 bridgehead atoms. The van der Waals surface area contributed by atoms with Gasteiger partial charge in [0.15, 0.2) is 6.23 Å². The van der Waals surface area contributed by atoms with Gasteiger partial charge in [0.25, 0.3) is 0 Å². The number of hydrogen-bond donors (Lipinski definition) is 0. The molecular formula is C17H28Cl2N2O-2. The van der Waals surface area contributed by atoms with Crippen molar-refractivity contribution in [2.75, 3.05) is 32.7 Å². The van der Waals surface area contributed by atoms with Crippen molar-refractivity contribution in [2.45, 2.75) is 39.3 Å². The molecule has 0 amide bonds. The second-order valence-electron chi connectivity index (χ2n) is 5.47. The average Bonchev–Trinajstić information content (AvgIpc) is 2.53. The minimum absolute atomic E-state index is 0. The number of halogens is 2. The molecule has 0 aliphatic carbocycles. The molecule has 2 rings (SSSR count). The number of nitrogens with zero attached hydrogens (tertiary/aromatic N) is 2. The summed E-state index contributed by atoms with van der Waals surface area (Å²) in [5, 5.41) is 0. The van der Waals surface area contributed by atoms with E-state index in [2.05, 4.69) is 35.8 Å². The summed E-state index contributed by atoms with van der Waals surface area (Å²) in [6, 6.07) is 10.2. The minimum atomic E-state index is 0. The van der Waals surface area contributed by atoms with Crippen LogP contribution in [0.5, 0.6) is 5.75 Å². The molecule has 1 heterocycles. The first-order valence-electron chi connectivity index (χ1n) is 8.01. The molecule has 0 spiro atoms. The van der Waals surface area contributed by atoms with E-state index in [-0.39, 0.29) is 31.0 Å². The van der Waals surface area contributed by atoms with Crippen LogP contribution in [-0.4, -0.2) is 48.8 Å². The molecule has 1 fully saturated rings. The van der Waals surface area contributed by atoms with Gasteiger partial charge in [-0.1, -0.05) is 38.5 Å². The van der Waals surface area contributed by atoms with Gasteiger partial charge in [-0.25, -0.2) is 0 Å². The summed E-state index contributed by atoms with van der Waals surface area (Å²) in [5.74, 6) is 0.982. The molecule has 1 saturated heterocycles. The summed E-state index contributed by atoms with van der Waals surface area (Å²) in [6.07, 6.45) is 4.14. The Morgan fingerprint density at radius 3 is 2.14 bits per heavy atom. The Balaban J connectivity index is 0.00000220. The van der Waals surface area contributed by atoms with Gasteiger partial charge in [0, 0.05) is 19.6 Å². The number of rotatable bonds is 7. The lowest BCUT2D eigenvalue weighted by Gasteiger charge is -2.37. The van der Waals surface area contributed by atoms with Crippen LogP contribution in [-0.2, 0) is 0 Å². The lowest BCUT2D eigenvalue weighted by atomic mass is 10.1. The van der Waals surface area contributed by atoms with Crippen LogP contribution < -0.4 is 29.6 Å². The van der Waals surface area contributed by atoms with Crippen LogP contribution in [0.1, 0.15) is 33.1 Å². The van der Waals surface area contributed by atoms with E-state index in [0.29, 0.717) is 0 Å². The van der Waals surface area contributed by atoms with Gasteiger partial charge in [-0.2, -0.15) is 0 Å². The highest BCUT2D eigenvalue weighted by Crippen LogP contribution is 2.18. The SMILES string of the molecule is CCN(CC)CC(Oc1ccccc1)N1CCCCC1.[Cl-].[Cl-]. The molecule has 1 aromatic rings. The van der Waals surface area contributed by atoms with Crippen LogP contribution in [0.3, 0.4) is 0 Å². The van der Waals surface area contributed by atoms with Crippen molar-refractivity contribution in [2.24, 2.45) is 0 Å². The first-order chi connectivity index (χ1) is 9.83. The fourth-order valence-corrected chi connectivity index (χ4v) is 2.79. The third-order valence-electron chi connectivity index (χ3n) is 4.12. The minimum Gasteiger partial charge on any atom is -1.00 e. The molecule has 22 heavy (non-hydrogen) atoms. The molecule has 1 aliphatic heterocycles. The summed E-state index contributed by atoms with van der Waals surface area (Å²) >= 11 is 0. The molecule has 3 nitrogen and oxygen atoms in total. The molecule has 0 N–H and O–H groups in total. The van der Waals surface area contributed by atoms with Gasteiger partial charge in [0.05, 0.1) is 0 Å². The van der Waals surface area contributed by atoms with E-state index in [9.17, 15) is 0 Å². The van der Waals surface area contributed by atoms with Gasteiger partial charge >= 0.3 is 0 Å². The molecule has 1 unspecified atom stereocenters. The second kappa shape index (κ2) is 12.0. The lowest BCUT2D eigenvalue weighted by Crippen LogP contribution is -3.00. The van der Waals surface area contributed by atoms with E-state index in [4.69, 9.17) is 4.74 Å². The monoisotopic (exact) mass is 346 g/mol. The zero-order chi connectivity index (χ0) is 14.2. The fourth-order valence-electron chi connectivity index (χ4n) is 2.79. The van der Waals surface area contributed by atoms with Crippen molar-refractivity contribution in [3.8, 4) is 5.75 Å². The lowest BCUT2D eigenvalue weighted by molar-refractivity contribution is -0.0104. The van der Waals surface area contributed by atoms with E-state index < -0.39 is 0 Å². The van der Waals surface area contributed by atoms with Gasteiger partial charge < -0.3 is 29.6 Å². The maximum absolute atomic E-state index is 6.27. The number of piperidine rings is 1. The topological polar surface area (TPSA) is 15.7 Å². The Bertz CT molecular complexity index is 368. The number of para-hydroxylation sites is 1. The van der Waals surface area contributed by atoms with Crippen LogP contribution in [0.2, 0.25) is 0 Å². The zero-order valence-corrected chi connectivity index (χ0v) is 15.2. The van der Waals surface area contributed by atoms with Gasteiger partial charge in [0.1, 0.15) is 5.75 Å². The smallest absolute Gasteiger partial charge is 0.165 e. The van der Waals surface area contributed by atoms with E-state index >= 15 is 0 Å². The normalized spacial score (nSPS) is 16.5. The fraction of sp³-hybridized carbons (Fsp3) is 0.647. The Kier molecular flexibility index (Phi) is 11.7. The third kappa shape index (κ3) is 6.74. The predicted octanol–water partition coefficient (Wildman–Crippen LogP) is -2.77. The van der Waals surface area contributed by atoms with E-state index in [1.165, 1.54) is 32.4 Å². The van der Waals surface area contributed by atoms with E-state index in [1.54, 1.807) is 0 Å². The van der Waals surface area contributed by atoms with Crippen LogP contribution in [0, 0.1) is 0 Å². The standard InChI is InChI=1S/C17H28N2O.2ClH/c1-3-18(4-2)15-17(19-13-9-6-10-14-19)20-16-11-7-5-8-12-16;;/h5,7-8,11-12,17H,3-4,6,9-10,13-15H2,1-2H3;2*1H/p-2. The number of likely N-dealkylation sites (N-methyl/N-ethyl adjacent to an activating group) is 1. The van der Waals surface area contributed by atoms with Gasteiger partial charge in [-0.3, -0.25) is 9.80 Å². The number of likely N-dealkylation sites (tertiary alicyclic amines) is 1. The molecule has 0 saturated carbocycles. The third-order valence-corrected chi connectivity index (χ3v) is 4.12. The summed E-state index contributed by atoms with van der Waals surface area (Å²) in [5.41, 5.74) is 0. The molecule has 5 heteroatoms. The maximum Gasteiger partial charge on any atom is 0.165 e. The highest BCUT2D eigenvalue weighted by Gasteiger charge is 2.23. The Hall–Kier alpha value is -0.480. The number of hydrogen-bond acceptors (Lipinski definition) is 3. The molecule has 1 aromatic carbocycles. The average molecular weight is 347 g/mol. The van der Waals surface area contributed by atoms with Gasteiger partial charge in [-0.05, 0) is 38.1 Å². The first-order valence-corrected chi connectivity index (χ1v) is 8.01. The van der Waals surface area contributed by atoms with Gasteiger partial charge in [-0.15, -0.1) is 0 Å². The maximum atomic E-state index is 6.27. The summed E-state index contributed by atoms with van der Waals surface area (Å²) < 4.78 is 6.27. The molecule has 0 aromatic heterocycles. The van der Waals surface area contributed by atoms with E-state index in [0.717, 1.165) is 25.4 Å². The van der Waals surface area contributed by atoms with Crippen molar-refractivity contribution >= 4 is 0 Å². The summed E-state index contributed by atoms with van der Waals surface area (Å²) in [6.45, 7) is 9.93.